The van der Waals surface area contributed by atoms with Crippen LogP contribution in [-0.2, 0) is 30.5 Å². The maximum Gasteiger partial charge on any atom is 0.253 e. The number of hydrogen-bond acceptors (Lipinski definition) is 5. The van der Waals surface area contributed by atoms with Gasteiger partial charge in [0.15, 0.2) is 0 Å². The van der Waals surface area contributed by atoms with Crippen molar-refractivity contribution in [3.63, 3.8) is 0 Å². The highest BCUT2D eigenvalue weighted by atomic mass is 16.2. The topological polar surface area (TPSA) is 104 Å². The van der Waals surface area contributed by atoms with Crippen molar-refractivity contribution in [2.75, 3.05) is 13.1 Å². The maximum absolute atomic E-state index is 13.3. The van der Waals surface area contributed by atoms with Crippen molar-refractivity contribution >= 4 is 29.5 Å². The first-order chi connectivity index (χ1) is 16.3. The second-order valence-electron chi connectivity index (χ2n) is 9.61. The Balaban J connectivity index is 1.30. The van der Waals surface area contributed by atoms with Crippen molar-refractivity contribution in [1.82, 2.24) is 15.1 Å². The zero-order chi connectivity index (χ0) is 24.0. The summed E-state index contributed by atoms with van der Waals surface area (Å²) in [5, 5.41) is 2.28. The number of hydrogen-bond donors (Lipinski definition) is 1. The van der Waals surface area contributed by atoms with Crippen molar-refractivity contribution in [1.29, 1.82) is 0 Å². The van der Waals surface area contributed by atoms with E-state index in [1.807, 2.05) is 30.3 Å². The van der Waals surface area contributed by atoms with Crippen LogP contribution in [0.1, 0.15) is 25.3 Å². The number of nitrogens with zero attached hydrogens (tertiary/aromatic N) is 2. The van der Waals surface area contributed by atoms with Crippen molar-refractivity contribution in [2.45, 2.75) is 26.3 Å². The highest BCUT2D eigenvalue weighted by Crippen LogP contribution is 2.52. The van der Waals surface area contributed by atoms with Gasteiger partial charge >= 0.3 is 0 Å². The van der Waals surface area contributed by atoms with Gasteiger partial charge in [-0.3, -0.25) is 34.2 Å². The van der Waals surface area contributed by atoms with Crippen LogP contribution in [0.3, 0.4) is 0 Å². The lowest BCUT2D eigenvalue weighted by Gasteiger charge is -2.27. The molecule has 5 atom stereocenters. The van der Waals surface area contributed by atoms with Crippen LogP contribution in [0.2, 0.25) is 0 Å². The first kappa shape index (κ1) is 22.3. The van der Waals surface area contributed by atoms with Gasteiger partial charge in [-0.15, -0.1) is 0 Å². The Morgan fingerprint density at radius 2 is 1.68 bits per heavy atom. The molecule has 0 radical (unpaired) electrons. The number of nitrogens with one attached hydrogen (secondary N) is 1. The van der Waals surface area contributed by atoms with Gasteiger partial charge in [-0.2, -0.15) is 0 Å². The fourth-order valence-electron chi connectivity index (χ4n) is 5.73. The molecule has 1 saturated heterocycles. The summed E-state index contributed by atoms with van der Waals surface area (Å²) >= 11 is 0. The van der Waals surface area contributed by atoms with Gasteiger partial charge in [-0.25, -0.2) is 0 Å². The molecule has 2 aliphatic carbocycles. The summed E-state index contributed by atoms with van der Waals surface area (Å²) in [6, 6.07) is 9.44. The molecule has 8 nitrogen and oxygen atoms in total. The molecule has 1 N–H and O–H groups in total. The zero-order valence-corrected chi connectivity index (χ0v) is 19.0. The Morgan fingerprint density at radius 3 is 2.32 bits per heavy atom. The summed E-state index contributed by atoms with van der Waals surface area (Å²) in [5.74, 6) is -2.48. The molecule has 1 unspecified atom stereocenters. The number of likely N-dealkylation sites (tertiary alicyclic amines) is 1. The zero-order valence-electron chi connectivity index (χ0n) is 19.0. The summed E-state index contributed by atoms with van der Waals surface area (Å²) in [6.07, 6.45) is 6.42. The molecular formula is C26H27N3O5. The summed E-state index contributed by atoms with van der Waals surface area (Å²) < 4.78 is 0. The van der Waals surface area contributed by atoms with E-state index in [-0.39, 0.29) is 60.9 Å². The van der Waals surface area contributed by atoms with Crippen molar-refractivity contribution in [2.24, 2.45) is 29.6 Å². The van der Waals surface area contributed by atoms with Crippen LogP contribution in [0.25, 0.3) is 0 Å². The van der Waals surface area contributed by atoms with E-state index < -0.39 is 17.7 Å². The monoisotopic (exact) mass is 461 g/mol. The molecule has 2 fully saturated rings. The predicted molar refractivity (Wildman–Crippen MR) is 121 cm³/mol. The Hall–Kier alpha value is -3.55. The maximum atomic E-state index is 13.3. The Labute approximate surface area is 197 Å². The molecule has 0 spiro atoms. The minimum Gasteiger partial charge on any atom is -0.337 e. The van der Waals surface area contributed by atoms with Gasteiger partial charge < -0.3 is 4.90 Å². The van der Waals surface area contributed by atoms with E-state index >= 15 is 0 Å². The smallest absolute Gasteiger partial charge is 0.253 e. The van der Waals surface area contributed by atoms with E-state index in [9.17, 15) is 24.0 Å². The van der Waals surface area contributed by atoms with Crippen LogP contribution in [0.4, 0.5) is 0 Å². The molecule has 4 aliphatic rings. The number of fused-ring (bicyclic) bond motifs is 5. The van der Waals surface area contributed by atoms with Gasteiger partial charge in [-0.05, 0) is 30.7 Å². The highest BCUT2D eigenvalue weighted by Gasteiger charge is 2.59. The fraction of sp³-hybridized carbons (Fsp3) is 0.423. The molecule has 5 rings (SSSR count). The summed E-state index contributed by atoms with van der Waals surface area (Å²) in [6.45, 7) is 2.21. The number of allylic oxidation sites excluding steroid dienone is 2. The summed E-state index contributed by atoms with van der Waals surface area (Å²) in [4.78, 5) is 66.2. The molecule has 34 heavy (non-hydrogen) atoms. The van der Waals surface area contributed by atoms with E-state index in [2.05, 4.69) is 17.5 Å². The largest absolute Gasteiger partial charge is 0.337 e. The van der Waals surface area contributed by atoms with Gasteiger partial charge in [0, 0.05) is 31.6 Å². The average molecular weight is 462 g/mol. The van der Waals surface area contributed by atoms with Crippen LogP contribution < -0.4 is 5.32 Å². The molecule has 5 amide bonds. The first-order valence-corrected chi connectivity index (χ1v) is 11.7. The van der Waals surface area contributed by atoms with Crippen molar-refractivity contribution < 1.29 is 24.0 Å². The third-order valence-corrected chi connectivity index (χ3v) is 7.50. The fourth-order valence-corrected chi connectivity index (χ4v) is 5.73. The van der Waals surface area contributed by atoms with Crippen LogP contribution in [0, 0.1) is 29.6 Å². The number of benzene rings is 1. The van der Waals surface area contributed by atoms with Crippen LogP contribution in [-0.4, -0.2) is 52.4 Å². The van der Waals surface area contributed by atoms with Crippen molar-refractivity contribution in [3.8, 4) is 0 Å². The number of amides is 5. The molecule has 1 aromatic rings. The lowest BCUT2D eigenvalue weighted by molar-refractivity contribution is -0.143. The van der Waals surface area contributed by atoms with E-state index in [0.717, 1.165) is 12.0 Å². The van der Waals surface area contributed by atoms with Gasteiger partial charge in [0.25, 0.3) is 5.91 Å². The number of carbonyl (C=O) groups excluding carboxylic acids is 5. The van der Waals surface area contributed by atoms with Gasteiger partial charge in [0.1, 0.15) is 0 Å². The minimum absolute atomic E-state index is 0.0928. The second kappa shape index (κ2) is 8.66. The molecular weight excluding hydrogens is 434 g/mol. The van der Waals surface area contributed by atoms with Crippen LogP contribution in [0.5, 0.6) is 0 Å². The van der Waals surface area contributed by atoms with Gasteiger partial charge in [-0.1, -0.05) is 48.6 Å². The van der Waals surface area contributed by atoms with E-state index in [0.29, 0.717) is 12.1 Å². The van der Waals surface area contributed by atoms with Gasteiger partial charge in [0.2, 0.25) is 23.6 Å². The lowest BCUT2D eigenvalue weighted by Crippen LogP contribution is -2.44. The lowest BCUT2D eigenvalue weighted by atomic mass is 9.85. The first-order valence-electron chi connectivity index (χ1n) is 11.7. The number of carbonyl (C=O) groups is 5. The number of rotatable bonds is 7. The Morgan fingerprint density at radius 1 is 1.03 bits per heavy atom. The minimum atomic E-state index is -0.737. The second-order valence-corrected chi connectivity index (χ2v) is 9.61. The Bertz CT molecular complexity index is 1090. The predicted octanol–water partition coefficient (Wildman–Crippen LogP) is 1.43. The Kier molecular flexibility index (Phi) is 5.67. The normalized spacial score (nSPS) is 29.4. The standard InChI is InChI=1S/C26H27N3O5/c1-15-11-19(24(32)27-23(15)31)13-20(30)28(14-16-5-3-2-4-6-16)9-10-29-25(33)21-17-7-8-18(12-17)22(21)26(29)34/h2-8,11,17-19,21-22H,9-10,12-14H2,1H3,(H,27,31,32)/t17-,18+,19?,21-,22+. The highest BCUT2D eigenvalue weighted by molar-refractivity contribution is 6.09. The average Bonchev–Trinajstić information content (AvgIpc) is 3.50. The molecule has 2 bridgehead atoms. The molecule has 2 aliphatic heterocycles. The molecule has 176 valence electrons. The van der Waals surface area contributed by atoms with Crippen LogP contribution >= 0.6 is 0 Å². The summed E-state index contributed by atoms with van der Waals surface area (Å²) in [5.41, 5.74) is 1.30. The summed E-state index contributed by atoms with van der Waals surface area (Å²) in [7, 11) is 0. The number of imide groups is 2. The van der Waals surface area contributed by atoms with E-state index in [4.69, 9.17) is 0 Å². The molecule has 0 aromatic heterocycles. The van der Waals surface area contributed by atoms with E-state index in [1.54, 1.807) is 11.8 Å². The van der Waals surface area contributed by atoms with Crippen LogP contribution in [0.15, 0.2) is 54.1 Å². The quantitative estimate of drug-likeness (QED) is 0.489. The third kappa shape index (κ3) is 3.87. The molecule has 2 heterocycles. The van der Waals surface area contributed by atoms with E-state index in [1.165, 1.54) is 11.0 Å². The molecule has 1 aromatic carbocycles. The third-order valence-electron chi connectivity index (χ3n) is 7.50. The van der Waals surface area contributed by atoms with Gasteiger partial charge in [0.05, 0.1) is 17.8 Å². The molecule has 8 heteroatoms. The molecule has 1 saturated carbocycles. The van der Waals surface area contributed by atoms with Crippen molar-refractivity contribution in [3.05, 3.63) is 59.7 Å². The SMILES string of the molecule is CC1=CC(CC(=O)N(CCN2C(=O)[C@@H]3[C@H](C2=O)[C@@H]2C=C[C@H]3C2)Cc2ccccc2)C(=O)NC1=O.